The molecule has 0 amide bonds. The molecule has 1 fully saturated rings. The van der Waals surface area contributed by atoms with Crippen LogP contribution in [0.2, 0.25) is 0 Å². The van der Waals surface area contributed by atoms with Crippen molar-refractivity contribution in [2.24, 2.45) is 0 Å². The number of nitrogens with zero attached hydrogens (tertiary/aromatic N) is 1. The van der Waals surface area contributed by atoms with Crippen LogP contribution in [0.25, 0.3) is 0 Å². The van der Waals surface area contributed by atoms with E-state index in [0.717, 1.165) is 11.3 Å². The summed E-state index contributed by atoms with van der Waals surface area (Å²) in [4.78, 5) is 0. The smallest absolute Gasteiger partial charge is 0.0992 e. The van der Waals surface area contributed by atoms with E-state index in [4.69, 9.17) is 5.26 Å². The van der Waals surface area contributed by atoms with Gasteiger partial charge in [-0.1, -0.05) is 6.07 Å². The van der Waals surface area contributed by atoms with Gasteiger partial charge >= 0.3 is 0 Å². The topological polar surface area (TPSA) is 35.8 Å². The van der Waals surface area contributed by atoms with Crippen LogP contribution < -0.4 is 5.32 Å². The van der Waals surface area contributed by atoms with Crippen LogP contribution >= 0.6 is 0 Å². The van der Waals surface area contributed by atoms with E-state index < -0.39 is 0 Å². The summed E-state index contributed by atoms with van der Waals surface area (Å²) >= 11 is 0. The van der Waals surface area contributed by atoms with E-state index in [9.17, 15) is 0 Å². The molecule has 0 radical (unpaired) electrons. The Hall–Kier alpha value is -1.49. The number of benzene rings is 1. The standard InChI is InChI=1S/C11H12N2/c12-8-9-3-1-6-11(7-9)13-10-4-2-5-10/h1,3,6-7,10,13H,2,4-5H2. The number of nitriles is 1. The van der Waals surface area contributed by atoms with E-state index in [1.807, 2.05) is 24.3 Å². The average Bonchev–Trinajstić information content (AvgIpc) is 2.12. The van der Waals surface area contributed by atoms with Crippen molar-refractivity contribution in [3.8, 4) is 6.07 Å². The Morgan fingerprint density at radius 2 is 2.23 bits per heavy atom. The van der Waals surface area contributed by atoms with Crippen molar-refractivity contribution in [2.45, 2.75) is 25.3 Å². The Labute approximate surface area is 78.2 Å². The van der Waals surface area contributed by atoms with Crippen molar-refractivity contribution in [3.63, 3.8) is 0 Å². The molecule has 0 aliphatic heterocycles. The highest BCUT2D eigenvalue weighted by Gasteiger charge is 2.16. The number of hydrogen-bond acceptors (Lipinski definition) is 2. The molecule has 1 saturated carbocycles. The average molecular weight is 172 g/mol. The Morgan fingerprint density at radius 1 is 1.38 bits per heavy atom. The lowest BCUT2D eigenvalue weighted by Crippen LogP contribution is -2.26. The SMILES string of the molecule is N#Cc1cccc(NC2CCC2)c1. The van der Waals surface area contributed by atoms with E-state index in [1.54, 1.807) is 0 Å². The van der Waals surface area contributed by atoms with Crippen molar-refractivity contribution in [3.05, 3.63) is 29.8 Å². The molecule has 66 valence electrons. The second kappa shape index (κ2) is 3.49. The summed E-state index contributed by atoms with van der Waals surface area (Å²) in [5.74, 6) is 0. The van der Waals surface area contributed by atoms with Gasteiger partial charge in [-0.05, 0) is 37.5 Å². The Kier molecular flexibility index (Phi) is 2.18. The van der Waals surface area contributed by atoms with Crippen LogP contribution in [0.4, 0.5) is 5.69 Å². The summed E-state index contributed by atoms with van der Waals surface area (Å²) in [6, 6.07) is 10.4. The fourth-order valence-corrected chi connectivity index (χ4v) is 1.47. The molecule has 2 nitrogen and oxygen atoms in total. The van der Waals surface area contributed by atoms with Crippen LogP contribution in [-0.4, -0.2) is 6.04 Å². The summed E-state index contributed by atoms with van der Waals surface area (Å²) < 4.78 is 0. The van der Waals surface area contributed by atoms with Gasteiger partial charge in [-0.2, -0.15) is 5.26 Å². The largest absolute Gasteiger partial charge is 0.382 e. The zero-order valence-electron chi connectivity index (χ0n) is 7.46. The van der Waals surface area contributed by atoms with Gasteiger partial charge in [0.05, 0.1) is 11.6 Å². The first-order valence-electron chi connectivity index (χ1n) is 4.65. The predicted octanol–water partition coefficient (Wildman–Crippen LogP) is 2.52. The van der Waals surface area contributed by atoms with Crippen LogP contribution in [0.1, 0.15) is 24.8 Å². The van der Waals surface area contributed by atoms with E-state index in [2.05, 4.69) is 11.4 Å². The number of hydrogen-bond donors (Lipinski definition) is 1. The fourth-order valence-electron chi connectivity index (χ4n) is 1.47. The van der Waals surface area contributed by atoms with E-state index >= 15 is 0 Å². The molecule has 2 heteroatoms. The normalized spacial score (nSPS) is 15.9. The number of nitrogens with one attached hydrogen (secondary N) is 1. The first kappa shape index (κ1) is 8.12. The highest BCUT2D eigenvalue weighted by Crippen LogP contribution is 2.23. The molecule has 0 unspecified atom stereocenters. The Bertz CT molecular complexity index is 334. The zero-order chi connectivity index (χ0) is 9.10. The van der Waals surface area contributed by atoms with E-state index in [-0.39, 0.29) is 0 Å². The maximum Gasteiger partial charge on any atom is 0.0992 e. The van der Waals surface area contributed by atoms with Crippen LogP contribution in [0.3, 0.4) is 0 Å². The van der Waals surface area contributed by atoms with Crippen molar-refractivity contribution in [1.82, 2.24) is 0 Å². The van der Waals surface area contributed by atoms with E-state index in [1.165, 1.54) is 19.3 Å². The maximum absolute atomic E-state index is 8.69. The van der Waals surface area contributed by atoms with Crippen LogP contribution in [0.15, 0.2) is 24.3 Å². The van der Waals surface area contributed by atoms with Crippen molar-refractivity contribution in [2.75, 3.05) is 5.32 Å². The van der Waals surface area contributed by atoms with Crippen molar-refractivity contribution >= 4 is 5.69 Å². The van der Waals surface area contributed by atoms with Gasteiger partial charge in [-0.25, -0.2) is 0 Å². The summed E-state index contributed by atoms with van der Waals surface area (Å²) in [6.07, 6.45) is 3.85. The molecular formula is C11H12N2. The minimum atomic E-state index is 0.633. The van der Waals surface area contributed by atoms with Gasteiger partial charge in [0.25, 0.3) is 0 Å². The second-order valence-electron chi connectivity index (χ2n) is 3.46. The van der Waals surface area contributed by atoms with Gasteiger partial charge < -0.3 is 5.32 Å². The summed E-state index contributed by atoms with van der Waals surface area (Å²) in [6.45, 7) is 0. The van der Waals surface area contributed by atoms with Gasteiger partial charge in [-0.3, -0.25) is 0 Å². The third-order valence-electron chi connectivity index (χ3n) is 2.47. The highest BCUT2D eigenvalue weighted by molar-refractivity contribution is 5.49. The third-order valence-corrected chi connectivity index (χ3v) is 2.47. The molecule has 0 saturated heterocycles. The van der Waals surface area contributed by atoms with Crippen molar-refractivity contribution in [1.29, 1.82) is 5.26 Å². The molecule has 1 aromatic rings. The van der Waals surface area contributed by atoms with Gasteiger partial charge in [0, 0.05) is 11.7 Å². The lowest BCUT2D eigenvalue weighted by Gasteiger charge is -2.27. The molecular weight excluding hydrogens is 160 g/mol. The molecule has 13 heavy (non-hydrogen) atoms. The van der Waals surface area contributed by atoms with Gasteiger partial charge in [0.15, 0.2) is 0 Å². The Balaban J connectivity index is 2.07. The molecule has 0 aromatic heterocycles. The molecule has 0 heterocycles. The molecule has 0 spiro atoms. The predicted molar refractivity (Wildman–Crippen MR) is 52.4 cm³/mol. The monoisotopic (exact) mass is 172 g/mol. The minimum Gasteiger partial charge on any atom is -0.382 e. The molecule has 1 aromatic carbocycles. The first-order chi connectivity index (χ1) is 6.38. The summed E-state index contributed by atoms with van der Waals surface area (Å²) in [5.41, 5.74) is 1.80. The van der Waals surface area contributed by atoms with E-state index in [0.29, 0.717) is 6.04 Å². The number of rotatable bonds is 2. The summed E-state index contributed by atoms with van der Waals surface area (Å²) in [7, 11) is 0. The molecule has 2 rings (SSSR count). The molecule has 0 atom stereocenters. The lowest BCUT2D eigenvalue weighted by atomic mass is 9.93. The van der Waals surface area contributed by atoms with Gasteiger partial charge in [0.1, 0.15) is 0 Å². The lowest BCUT2D eigenvalue weighted by molar-refractivity contribution is 0.445. The quantitative estimate of drug-likeness (QED) is 0.744. The molecule has 1 aliphatic rings. The molecule has 1 N–H and O–H groups in total. The first-order valence-corrected chi connectivity index (χ1v) is 4.65. The molecule has 1 aliphatic carbocycles. The van der Waals surface area contributed by atoms with Crippen LogP contribution in [0, 0.1) is 11.3 Å². The summed E-state index contributed by atoms with van der Waals surface area (Å²) in [5, 5.41) is 12.1. The molecule has 0 bridgehead atoms. The van der Waals surface area contributed by atoms with Crippen molar-refractivity contribution < 1.29 is 0 Å². The maximum atomic E-state index is 8.69. The Morgan fingerprint density at radius 3 is 2.85 bits per heavy atom. The minimum absolute atomic E-state index is 0.633. The zero-order valence-corrected chi connectivity index (χ0v) is 7.46. The van der Waals surface area contributed by atoms with Crippen LogP contribution in [-0.2, 0) is 0 Å². The second-order valence-corrected chi connectivity index (χ2v) is 3.46. The fraction of sp³-hybridized carbons (Fsp3) is 0.364. The highest BCUT2D eigenvalue weighted by atomic mass is 14.9. The number of anilines is 1. The van der Waals surface area contributed by atoms with Crippen LogP contribution in [0.5, 0.6) is 0 Å². The third kappa shape index (κ3) is 1.81. The van der Waals surface area contributed by atoms with Gasteiger partial charge in [0.2, 0.25) is 0 Å². The van der Waals surface area contributed by atoms with Gasteiger partial charge in [-0.15, -0.1) is 0 Å².